The van der Waals surface area contributed by atoms with Gasteiger partial charge in [0, 0.05) is 19.3 Å². The lowest BCUT2D eigenvalue weighted by Gasteiger charge is -2.28. The fourth-order valence-corrected chi connectivity index (χ4v) is 1.91. The molecule has 0 radical (unpaired) electrons. The van der Waals surface area contributed by atoms with Gasteiger partial charge in [-0.05, 0) is 25.3 Å². The SMILES string of the molecule is FC(F)(F)c1cncc(N2CCCCC2)c1. The van der Waals surface area contributed by atoms with E-state index in [1.165, 1.54) is 12.3 Å². The maximum Gasteiger partial charge on any atom is 0.417 e. The topological polar surface area (TPSA) is 16.1 Å². The normalized spacial score (nSPS) is 17.6. The van der Waals surface area contributed by atoms with Crippen molar-refractivity contribution in [1.82, 2.24) is 4.98 Å². The van der Waals surface area contributed by atoms with E-state index < -0.39 is 11.7 Å². The first-order valence-electron chi connectivity index (χ1n) is 5.34. The van der Waals surface area contributed by atoms with Crippen LogP contribution in [-0.4, -0.2) is 18.1 Å². The van der Waals surface area contributed by atoms with E-state index >= 15 is 0 Å². The van der Waals surface area contributed by atoms with Crippen LogP contribution in [-0.2, 0) is 6.18 Å². The summed E-state index contributed by atoms with van der Waals surface area (Å²) in [5.74, 6) is 0. The predicted molar refractivity (Wildman–Crippen MR) is 55.3 cm³/mol. The van der Waals surface area contributed by atoms with Crippen molar-refractivity contribution in [3.05, 3.63) is 24.0 Å². The summed E-state index contributed by atoms with van der Waals surface area (Å²) in [7, 11) is 0. The zero-order chi connectivity index (χ0) is 11.6. The van der Waals surface area contributed by atoms with Gasteiger partial charge in [0.2, 0.25) is 0 Å². The zero-order valence-electron chi connectivity index (χ0n) is 8.80. The molecular formula is C11H13F3N2. The van der Waals surface area contributed by atoms with Crippen LogP contribution in [0.25, 0.3) is 0 Å². The van der Waals surface area contributed by atoms with Gasteiger partial charge in [0.05, 0.1) is 17.4 Å². The first-order chi connectivity index (χ1) is 7.57. The van der Waals surface area contributed by atoms with Gasteiger partial charge in [-0.1, -0.05) is 0 Å². The first-order valence-corrected chi connectivity index (χ1v) is 5.34. The molecular weight excluding hydrogens is 217 g/mol. The molecule has 1 aromatic heterocycles. The monoisotopic (exact) mass is 230 g/mol. The van der Waals surface area contributed by atoms with Crippen LogP contribution in [0, 0.1) is 0 Å². The van der Waals surface area contributed by atoms with Gasteiger partial charge in [-0.15, -0.1) is 0 Å². The second-order valence-electron chi connectivity index (χ2n) is 3.98. The third-order valence-corrected chi connectivity index (χ3v) is 2.77. The van der Waals surface area contributed by atoms with E-state index in [4.69, 9.17) is 0 Å². The highest BCUT2D eigenvalue weighted by molar-refractivity contribution is 5.46. The van der Waals surface area contributed by atoms with Gasteiger partial charge < -0.3 is 4.90 Å². The van der Waals surface area contributed by atoms with Crippen molar-refractivity contribution in [3.8, 4) is 0 Å². The molecule has 16 heavy (non-hydrogen) atoms. The van der Waals surface area contributed by atoms with Gasteiger partial charge in [-0.3, -0.25) is 4.98 Å². The van der Waals surface area contributed by atoms with Gasteiger partial charge in [0.25, 0.3) is 0 Å². The number of nitrogens with zero attached hydrogens (tertiary/aromatic N) is 2. The van der Waals surface area contributed by atoms with Crippen molar-refractivity contribution in [2.24, 2.45) is 0 Å². The summed E-state index contributed by atoms with van der Waals surface area (Å²) in [6.45, 7) is 1.64. The standard InChI is InChI=1S/C11H13F3N2/c12-11(13,14)9-6-10(8-15-7-9)16-4-2-1-3-5-16/h6-8H,1-5H2. The molecule has 0 atom stereocenters. The quantitative estimate of drug-likeness (QED) is 0.737. The fourth-order valence-electron chi connectivity index (χ4n) is 1.91. The maximum atomic E-state index is 12.5. The molecule has 0 aliphatic carbocycles. The van der Waals surface area contributed by atoms with Crippen LogP contribution in [0.15, 0.2) is 18.5 Å². The Bertz CT molecular complexity index is 356. The lowest BCUT2D eigenvalue weighted by molar-refractivity contribution is -0.137. The molecule has 1 saturated heterocycles. The average molecular weight is 230 g/mol. The van der Waals surface area contributed by atoms with E-state index in [9.17, 15) is 13.2 Å². The minimum atomic E-state index is -4.31. The van der Waals surface area contributed by atoms with E-state index in [1.807, 2.05) is 4.90 Å². The Morgan fingerprint density at radius 3 is 2.38 bits per heavy atom. The molecule has 5 heteroatoms. The lowest BCUT2D eigenvalue weighted by atomic mass is 10.1. The Kier molecular flexibility index (Phi) is 3.03. The van der Waals surface area contributed by atoms with Crippen LogP contribution >= 0.6 is 0 Å². The molecule has 1 aliphatic heterocycles. The van der Waals surface area contributed by atoms with Crippen LogP contribution < -0.4 is 4.90 Å². The Morgan fingerprint density at radius 1 is 1.06 bits per heavy atom. The van der Waals surface area contributed by atoms with E-state index in [-0.39, 0.29) is 0 Å². The third-order valence-electron chi connectivity index (χ3n) is 2.77. The largest absolute Gasteiger partial charge is 0.417 e. The molecule has 2 nitrogen and oxygen atoms in total. The highest BCUT2D eigenvalue weighted by atomic mass is 19.4. The summed E-state index contributed by atoms with van der Waals surface area (Å²) in [6, 6.07) is 1.18. The Labute approximate surface area is 92.1 Å². The maximum absolute atomic E-state index is 12.5. The van der Waals surface area contributed by atoms with E-state index in [0.717, 1.165) is 38.5 Å². The lowest BCUT2D eigenvalue weighted by Crippen LogP contribution is -2.29. The van der Waals surface area contributed by atoms with Crippen molar-refractivity contribution in [1.29, 1.82) is 0 Å². The summed E-state index contributed by atoms with van der Waals surface area (Å²) in [4.78, 5) is 5.63. The number of anilines is 1. The molecule has 0 unspecified atom stereocenters. The Morgan fingerprint density at radius 2 is 1.75 bits per heavy atom. The third kappa shape index (κ3) is 2.46. The summed E-state index contributed by atoms with van der Waals surface area (Å²) < 4.78 is 37.4. The smallest absolute Gasteiger partial charge is 0.370 e. The number of hydrogen-bond donors (Lipinski definition) is 0. The molecule has 0 saturated carbocycles. The van der Waals surface area contributed by atoms with Crippen LogP contribution in [0.5, 0.6) is 0 Å². The molecule has 1 aromatic rings. The first kappa shape index (κ1) is 11.2. The number of hydrogen-bond acceptors (Lipinski definition) is 2. The molecule has 0 N–H and O–H groups in total. The number of piperidine rings is 1. The van der Waals surface area contributed by atoms with Crippen molar-refractivity contribution in [3.63, 3.8) is 0 Å². The molecule has 1 aliphatic rings. The van der Waals surface area contributed by atoms with Gasteiger partial charge in [0.15, 0.2) is 0 Å². The van der Waals surface area contributed by atoms with Gasteiger partial charge in [0.1, 0.15) is 0 Å². The van der Waals surface area contributed by atoms with Crippen molar-refractivity contribution in [2.75, 3.05) is 18.0 Å². The summed E-state index contributed by atoms with van der Waals surface area (Å²) in [5.41, 5.74) is -0.0925. The molecule has 2 rings (SSSR count). The second kappa shape index (κ2) is 4.31. The molecule has 1 fully saturated rings. The molecule has 0 amide bonds. The molecule has 88 valence electrons. The van der Waals surface area contributed by atoms with E-state index in [1.54, 1.807) is 0 Å². The number of rotatable bonds is 1. The van der Waals surface area contributed by atoms with E-state index in [0.29, 0.717) is 5.69 Å². The number of aromatic nitrogens is 1. The van der Waals surface area contributed by atoms with E-state index in [2.05, 4.69) is 4.98 Å². The highest BCUT2D eigenvalue weighted by Gasteiger charge is 2.31. The molecule has 0 bridgehead atoms. The average Bonchev–Trinajstić information content (AvgIpc) is 2.29. The number of pyridine rings is 1. The second-order valence-corrected chi connectivity index (χ2v) is 3.98. The Hall–Kier alpha value is -1.26. The van der Waals surface area contributed by atoms with Crippen molar-refractivity contribution >= 4 is 5.69 Å². The zero-order valence-corrected chi connectivity index (χ0v) is 8.80. The number of alkyl halides is 3. The summed E-state index contributed by atoms with van der Waals surface area (Å²) >= 11 is 0. The van der Waals surface area contributed by atoms with Gasteiger partial charge in [-0.25, -0.2) is 0 Å². The minimum Gasteiger partial charge on any atom is -0.370 e. The predicted octanol–water partition coefficient (Wildman–Crippen LogP) is 3.09. The van der Waals surface area contributed by atoms with Crippen LogP contribution in [0.3, 0.4) is 0 Å². The summed E-state index contributed by atoms with van der Waals surface area (Å²) in [6.07, 6.45) is 1.29. The van der Waals surface area contributed by atoms with Gasteiger partial charge in [-0.2, -0.15) is 13.2 Å². The van der Waals surface area contributed by atoms with Crippen LogP contribution in [0.4, 0.5) is 18.9 Å². The Balaban J connectivity index is 2.21. The molecule has 0 spiro atoms. The summed E-state index contributed by atoms with van der Waals surface area (Å²) in [5, 5.41) is 0. The van der Waals surface area contributed by atoms with Crippen LogP contribution in [0.2, 0.25) is 0 Å². The van der Waals surface area contributed by atoms with Crippen molar-refractivity contribution < 1.29 is 13.2 Å². The number of halogens is 3. The fraction of sp³-hybridized carbons (Fsp3) is 0.545. The molecule has 2 heterocycles. The molecule has 0 aromatic carbocycles. The van der Waals surface area contributed by atoms with Crippen LogP contribution in [0.1, 0.15) is 24.8 Å². The minimum absolute atomic E-state index is 0.578. The van der Waals surface area contributed by atoms with Gasteiger partial charge >= 0.3 is 6.18 Å². The highest BCUT2D eigenvalue weighted by Crippen LogP contribution is 2.31. The van der Waals surface area contributed by atoms with Crippen molar-refractivity contribution in [2.45, 2.75) is 25.4 Å².